The summed E-state index contributed by atoms with van der Waals surface area (Å²) >= 11 is 0. The number of nitrogen functional groups attached to an aromatic ring is 1. The van der Waals surface area contributed by atoms with E-state index in [1.54, 1.807) is 0 Å². The molecule has 0 atom stereocenters. The lowest BCUT2D eigenvalue weighted by Crippen LogP contribution is -2.05. The maximum absolute atomic E-state index is 6.31. The summed E-state index contributed by atoms with van der Waals surface area (Å²) in [6.07, 6.45) is 7.84. The third kappa shape index (κ3) is 2.25. The van der Waals surface area contributed by atoms with Crippen LogP contribution in [-0.4, -0.2) is 9.55 Å². The minimum absolute atomic E-state index is 0.594. The van der Waals surface area contributed by atoms with Crippen molar-refractivity contribution in [2.24, 2.45) is 7.05 Å². The zero-order chi connectivity index (χ0) is 14.4. The molecule has 4 rings (SSSR count). The van der Waals surface area contributed by atoms with E-state index in [2.05, 4.69) is 35.9 Å². The molecule has 110 valence electrons. The van der Waals surface area contributed by atoms with Crippen LogP contribution in [0.5, 0.6) is 0 Å². The van der Waals surface area contributed by atoms with Crippen LogP contribution in [0.25, 0.3) is 11.3 Å². The Morgan fingerprint density at radius 1 is 1.00 bits per heavy atom. The highest BCUT2D eigenvalue weighted by Crippen LogP contribution is 2.41. The Morgan fingerprint density at radius 2 is 1.67 bits per heavy atom. The van der Waals surface area contributed by atoms with Gasteiger partial charge in [0.2, 0.25) is 0 Å². The van der Waals surface area contributed by atoms with Crippen molar-refractivity contribution in [2.75, 3.05) is 5.73 Å². The van der Waals surface area contributed by atoms with Crippen LogP contribution in [0.4, 0.5) is 5.82 Å². The molecule has 2 aliphatic carbocycles. The van der Waals surface area contributed by atoms with E-state index >= 15 is 0 Å². The molecule has 3 nitrogen and oxygen atoms in total. The standard InChI is InChI=1S/C18H23N3/c1-21-17(19)16(20-18(21)15-4-2-3-5-15)14-10-8-13(9-11-14)12-6-7-12/h8-12,15H,2-7,19H2,1H3. The Hall–Kier alpha value is -1.77. The highest BCUT2D eigenvalue weighted by Gasteiger charge is 2.25. The molecule has 1 aromatic heterocycles. The summed E-state index contributed by atoms with van der Waals surface area (Å²) in [4.78, 5) is 4.89. The molecule has 2 N–H and O–H groups in total. The average Bonchev–Trinajstić information content (AvgIpc) is 3.14. The highest BCUT2D eigenvalue weighted by atomic mass is 15.1. The second kappa shape index (κ2) is 4.90. The molecule has 3 heteroatoms. The largest absolute Gasteiger partial charge is 0.383 e. The van der Waals surface area contributed by atoms with Gasteiger partial charge in [-0.05, 0) is 37.2 Å². The van der Waals surface area contributed by atoms with E-state index in [0.29, 0.717) is 5.92 Å². The zero-order valence-corrected chi connectivity index (χ0v) is 12.7. The molecule has 0 unspecified atom stereocenters. The van der Waals surface area contributed by atoms with E-state index in [4.69, 9.17) is 10.7 Å². The van der Waals surface area contributed by atoms with Crippen LogP contribution >= 0.6 is 0 Å². The van der Waals surface area contributed by atoms with E-state index < -0.39 is 0 Å². The number of hydrogen-bond acceptors (Lipinski definition) is 2. The van der Waals surface area contributed by atoms with Gasteiger partial charge >= 0.3 is 0 Å². The minimum Gasteiger partial charge on any atom is -0.383 e. The van der Waals surface area contributed by atoms with Gasteiger partial charge in [-0.15, -0.1) is 0 Å². The lowest BCUT2D eigenvalue weighted by Gasteiger charge is -2.08. The number of nitrogens with zero attached hydrogens (tertiary/aromatic N) is 2. The van der Waals surface area contributed by atoms with Crippen molar-refractivity contribution in [1.29, 1.82) is 0 Å². The van der Waals surface area contributed by atoms with Crippen molar-refractivity contribution in [1.82, 2.24) is 9.55 Å². The Bertz CT molecular complexity index is 644. The van der Waals surface area contributed by atoms with E-state index in [0.717, 1.165) is 23.0 Å². The van der Waals surface area contributed by atoms with Crippen LogP contribution in [0.3, 0.4) is 0 Å². The van der Waals surface area contributed by atoms with Gasteiger partial charge in [0.25, 0.3) is 0 Å². The van der Waals surface area contributed by atoms with Crippen molar-refractivity contribution in [3.8, 4) is 11.3 Å². The molecule has 0 aliphatic heterocycles. The van der Waals surface area contributed by atoms with Gasteiger partial charge in [0, 0.05) is 18.5 Å². The second-order valence-corrected chi connectivity index (χ2v) is 6.64. The van der Waals surface area contributed by atoms with Crippen molar-refractivity contribution in [3.05, 3.63) is 35.7 Å². The van der Waals surface area contributed by atoms with E-state index in [-0.39, 0.29) is 0 Å². The molecule has 2 aromatic rings. The Labute approximate surface area is 126 Å². The summed E-state index contributed by atoms with van der Waals surface area (Å²) in [6.45, 7) is 0. The molecule has 0 saturated heterocycles. The summed E-state index contributed by atoms with van der Waals surface area (Å²) in [5.74, 6) is 3.37. The molecule has 2 aliphatic rings. The Balaban J connectivity index is 1.68. The van der Waals surface area contributed by atoms with Gasteiger partial charge in [0.05, 0.1) is 0 Å². The van der Waals surface area contributed by atoms with Crippen LogP contribution in [0, 0.1) is 0 Å². The summed E-state index contributed by atoms with van der Waals surface area (Å²) < 4.78 is 2.10. The van der Waals surface area contributed by atoms with E-state index in [1.807, 2.05) is 0 Å². The average molecular weight is 281 g/mol. The Kier molecular flexibility index (Phi) is 3.02. The summed E-state index contributed by atoms with van der Waals surface area (Å²) in [6, 6.07) is 8.86. The minimum atomic E-state index is 0.594. The fraction of sp³-hybridized carbons (Fsp3) is 0.500. The van der Waals surface area contributed by atoms with Gasteiger partial charge in [-0.2, -0.15) is 0 Å². The maximum atomic E-state index is 6.31. The van der Waals surface area contributed by atoms with Gasteiger partial charge in [-0.1, -0.05) is 37.1 Å². The fourth-order valence-corrected chi connectivity index (χ4v) is 3.62. The predicted octanol–water partition coefficient (Wildman–Crippen LogP) is 4.20. The van der Waals surface area contributed by atoms with Gasteiger partial charge in [-0.25, -0.2) is 4.98 Å². The first-order chi connectivity index (χ1) is 10.2. The molecule has 0 bridgehead atoms. The second-order valence-electron chi connectivity index (χ2n) is 6.64. The van der Waals surface area contributed by atoms with Gasteiger partial charge in [0.1, 0.15) is 17.3 Å². The van der Waals surface area contributed by atoms with Crippen molar-refractivity contribution in [3.63, 3.8) is 0 Å². The van der Waals surface area contributed by atoms with Crippen LogP contribution in [-0.2, 0) is 7.05 Å². The van der Waals surface area contributed by atoms with E-state index in [9.17, 15) is 0 Å². The molecule has 1 aromatic carbocycles. The molecule has 21 heavy (non-hydrogen) atoms. The van der Waals surface area contributed by atoms with Crippen molar-refractivity contribution in [2.45, 2.75) is 50.4 Å². The lowest BCUT2D eigenvalue weighted by molar-refractivity contribution is 0.635. The monoisotopic (exact) mass is 281 g/mol. The predicted molar refractivity (Wildman–Crippen MR) is 86.2 cm³/mol. The van der Waals surface area contributed by atoms with Crippen LogP contribution < -0.4 is 5.73 Å². The molecule has 0 spiro atoms. The summed E-state index contributed by atoms with van der Waals surface area (Å²) in [7, 11) is 2.05. The number of anilines is 1. The molecular formula is C18H23N3. The van der Waals surface area contributed by atoms with Gasteiger partial charge in [-0.3, -0.25) is 0 Å². The lowest BCUT2D eigenvalue weighted by atomic mass is 10.1. The van der Waals surface area contributed by atoms with Gasteiger partial charge < -0.3 is 10.3 Å². The quantitative estimate of drug-likeness (QED) is 0.916. The van der Waals surface area contributed by atoms with Gasteiger partial charge in [0.15, 0.2) is 0 Å². The molecule has 1 heterocycles. The number of rotatable bonds is 3. The fourth-order valence-electron chi connectivity index (χ4n) is 3.62. The molecule has 2 saturated carbocycles. The number of nitrogens with two attached hydrogens (primary N) is 1. The number of hydrogen-bond donors (Lipinski definition) is 1. The first-order valence-electron chi connectivity index (χ1n) is 8.16. The van der Waals surface area contributed by atoms with E-state index in [1.165, 1.54) is 49.9 Å². The topological polar surface area (TPSA) is 43.8 Å². The van der Waals surface area contributed by atoms with Crippen LogP contribution in [0.1, 0.15) is 61.7 Å². The first kappa shape index (κ1) is 12.9. The first-order valence-corrected chi connectivity index (χ1v) is 8.16. The maximum Gasteiger partial charge on any atom is 0.131 e. The van der Waals surface area contributed by atoms with Crippen molar-refractivity contribution >= 4 is 5.82 Å². The Morgan fingerprint density at radius 3 is 2.29 bits per heavy atom. The molecule has 0 amide bonds. The smallest absolute Gasteiger partial charge is 0.131 e. The molecule has 2 fully saturated rings. The van der Waals surface area contributed by atoms with Crippen molar-refractivity contribution < 1.29 is 0 Å². The van der Waals surface area contributed by atoms with Crippen LogP contribution in [0.2, 0.25) is 0 Å². The number of aromatic nitrogens is 2. The number of benzene rings is 1. The van der Waals surface area contributed by atoms with Crippen LogP contribution in [0.15, 0.2) is 24.3 Å². The molecule has 0 radical (unpaired) electrons. The number of imidazole rings is 1. The SMILES string of the molecule is Cn1c(C2CCCC2)nc(-c2ccc(C3CC3)cc2)c1N. The third-order valence-corrected chi connectivity index (χ3v) is 5.13. The summed E-state index contributed by atoms with van der Waals surface area (Å²) in [5, 5.41) is 0. The highest BCUT2D eigenvalue weighted by molar-refractivity contribution is 5.71. The summed E-state index contributed by atoms with van der Waals surface area (Å²) in [5.41, 5.74) is 9.89. The zero-order valence-electron chi connectivity index (χ0n) is 12.7. The third-order valence-electron chi connectivity index (χ3n) is 5.13. The molecular weight excluding hydrogens is 258 g/mol. The normalized spacial score (nSPS) is 19.3.